The zero-order chi connectivity index (χ0) is 15.0. The van der Waals surface area contributed by atoms with E-state index >= 15 is 0 Å². The Morgan fingerprint density at radius 1 is 1.10 bits per heavy atom. The Kier molecular flexibility index (Phi) is 8.15. The normalized spacial score (nSPS) is 18.6. The summed E-state index contributed by atoms with van der Waals surface area (Å²) in [6.07, 6.45) is 4.28. The third-order valence-electron chi connectivity index (χ3n) is 4.28. The lowest BCUT2D eigenvalue weighted by Crippen LogP contribution is -2.51. The van der Waals surface area contributed by atoms with Crippen molar-refractivity contribution in [3.8, 4) is 0 Å². The van der Waals surface area contributed by atoms with Crippen molar-refractivity contribution in [2.75, 3.05) is 39.3 Å². The molecule has 1 heterocycles. The van der Waals surface area contributed by atoms with Crippen molar-refractivity contribution in [3.63, 3.8) is 0 Å². The van der Waals surface area contributed by atoms with Gasteiger partial charge in [0.2, 0.25) is 5.91 Å². The molecule has 4 nitrogen and oxygen atoms in total. The summed E-state index contributed by atoms with van der Waals surface area (Å²) in [5.74, 6) is 1.19. The molecule has 1 aliphatic heterocycles. The molecule has 0 radical (unpaired) electrons. The number of carbonyl (C=O) groups excluding carboxylic acids is 1. The Balaban J connectivity index is 2.41. The molecule has 1 aliphatic rings. The van der Waals surface area contributed by atoms with Crippen LogP contribution in [0.1, 0.15) is 46.5 Å². The quantitative estimate of drug-likeness (QED) is 0.740. The summed E-state index contributed by atoms with van der Waals surface area (Å²) in [4.78, 5) is 17.1. The highest BCUT2D eigenvalue weighted by atomic mass is 16.2. The summed E-state index contributed by atoms with van der Waals surface area (Å²) >= 11 is 0. The molecule has 1 rings (SSSR count). The van der Waals surface area contributed by atoms with Crippen LogP contribution in [0.3, 0.4) is 0 Å². The topological polar surface area (TPSA) is 49.6 Å². The molecule has 0 bridgehead atoms. The van der Waals surface area contributed by atoms with Crippen molar-refractivity contribution in [1.82, 2.24) is 9.80 Å². The molecule has 0 aromatic rings. The first-order valence-electron chi connectivity index (χ1n) is 8.33. The van der Waals surface area contributed by atoms with Crippen LogP contribution in [0.15, 0.2) is 0 Å². The Hall–Kier alpha value is -0.610. The maximum absolute atomic E-state index is 12.6. The lowest BCUT2D eigenvalue weighted by Gasteiger charge is -2.37. The smallest absolute Gasteiger partial charge is 0.225 e. The first kappa shape index (κ1) is 17.4. The molecule has 1 fully saturated rings. The van der Waals surface area contributed by atoms with Gasteiger partial charge in [0, 0.05) is 38.6 Å². The van der Waals surface area contributed by atoms with E-state index in [4.69, 9.17) is 5.73 Å². The number of carbonyl (C=O) groups is 1. The van der Waals surface area contributed by atoms with E-state index in [1.54, 1.807) is 0 Å². The van der Waals surface area contributed by atoms with Crippen LogP contribution in [0.4, 0.5) is 0 Å². The number of hydrogen-bond acceptors (Lipinski definition) is 3. The van der Waals surface area contributed by atoms with Crippen LogP contribution < -0.4 is 5.73 Å². The monoisotopic (exact) mass is 283 g/mol. The summed E-state index contributed by atoms with van der Waals surface area (Å²) in [5.41, 5.74) is 5.68. The first-order chi connectivity index (χ1) is 9.62. The minimum Gasteiger partial charge on any atom is -0.340 e. The molecule has 1 amide bonds. The van der Waals surface area contributed by atoms with Crippen molar-refractivity contribution in [3.05, 3.63) is 0 Å². The van der Waals surface area contributed by atoms with Crippen molar-refractivity contribution in [2.24, 2.45) is 17.6 Å². The fraction of sp³-hybridized carbons (Fsp3) is 0.938. The van der Waals surface area contributed by atoms with Crippen LogP contribution in [0, 0.1) is 11.8 Å². The molecule has 20 heavy (non-hydrogen) atoms. The Morgan fingerprint density at radius 2 is 1.65 bits per heavy atom. The van der Waals surface area contributed by atoms with Gasteiger partial charge in [0.15, 0.2) is 0 Å². The molecule has 0 spiro atoms. The number of amides is 1. The minimum absolute atomic E-state index is 0.250. The van der Waals surface area contributed by atoms with E-state index in [1.807, 2.05) is 0 Å². The number of nitrogens with two attached hydrogens (primary N) is 1. The van der Waals surface area contributed by atoms with Gasteiger partial charge in [-0.3, -0.25) is 9.69 Å². The maximum atomic E-state index is 12.6. The largest absolute Gasteiger partial charge is 0.340 e. The van der Waals surface area contributed by atoms with Crippen LogP contribution in [-0.4, -0.2) is 55.0 Å². The lowest BCUT2D eigenvalue weighted by molar-refractivity contribution is -0.137. The van der Waals surface area contributed by atoms with Gasteiger partial charge in [-0.15, -0.1) is 0 Å². The Morgan fingerprint density at radius 3 is 2.10 bits per heavy atom. The zero-order valence-electron chi connectivity index (χ0n) is 13.6. The van der Waals surface area contributed by atoms with Gasteiger partial charge in [0.05, 0.1) is 0 Å². The van der Waals surface area contributed by atoms with Crippen LogP contribution in [-0.2, 0) is 4.79 Å². The third kappa shape index (κ3) is 5.41. The van der Waals surface area contributed by atoms with Crippen molar-refractivity contribution >= 4 is 5.91 Å². The van der Waals surface area contributed by atoms with Gasteiger partial charge in [0.25, 0.3) is 0 Å². The molecule has 1 atom stereocenters. The summed E-state index contributed by atoms with van der Waals surface area (Å²) in [7, 11) is 0. The van der Waals surface area contributed by atoms with E-state index < -0.39 is 0 Å². The lowest BCUT2D eigenvalue weighted by atomic mass is 9.96. The minimum atomic E-state index is 0.250. The Bertz CT molecular complexity index is 269. The van der Waals surface area contributed by atoms with Crippen LogP contribution >= 0.6 is 0 Å². The van der Waals surface area contributed by atoms with Crippen molar-refractivity contribution in [2.45, 2.75) is 46.5 Å². The standard InChI is InChI=1S/C16H33N3O/c1-4-6-15(7-5-2)16(20)19-10-8-18(9-11-19)13-14(3)12-17/h14-15H,4-13,17H2,1-3H3. The molecule has 118 valence electrons. The van der Waals surface area contributed by atoms with Gasteiger partial charge in [-0.25, -0.2) is 0 Å². The fourth-order valence-electron chi connectivity index (χ4n) is 3.01. The van der Waals surface area contributed by atoms with Gasteiger partial charge >= 0.3 is 0 Å². The van der Waals surface area contributed by atoms with Gasteiger partial charge in [-0.2, -0.15) is 0 Å². The van der Waals surface area contributed by atoms with E-state index in [2.05, 4.69) is 30.6 Å². The van der Waals surface area contributed by atoms with Gasteiger partial charge in [-0.1, -0.05) is 33.6 Å². The molecule has 0 aromatic heterocycles. The van der Waals surface area contributed by atoms with Crippen molar-refractivity contribution in [1.29, 1.82) is 0 Å². The molecular weight excluding hydrogens is 250 g/mol. The van der Waals surface area contributed by atoms with E-state index in [9.17, 15) is 4.79 Å². The SMILES string of the molecule is CCCC(CCC)C(=O)N1CCN(CC(C)CN)CC1. The van der Waals surface area contributed by atoms with Crippen LogP contribution in [0.25, 0.3) is 0 Å². The molecule has 1 unspecified atom stereocenters. The van der Waals surface area contributed by atoms with E-state index in [1.165, 1.54) is 0 Å². The second kappa shape index (κ2) is 9.35. The summed E-state index contributed by atoms with van der Waals surface area (Å²) in [5, 5.41) is 0. The molecule has 0 aromatic carbocycles. The van der Waals surface area contributed by atoms with E-state index in [0.717, 1.165) is 65.0 Å². The number of nitrogens with zero attached hydrogens (tertiary/aromatic N) is 2. The van der Waals surface area contributed by atoms with Crippen LogP contribution in [0.2, 0.25) is 0 Å². The van der Waals surface area contributed by atoms with Gasteiger partial charge in [0.1, 0.15) is 0 Å². The molecule has 0 aliphatic carbocycles. The second-order valence-corrected chi connectivity index (χ2v) is 6.24. The molecule has 4 heteroatoms. The predicted octanol–water partition coefficient (Wildman–Crippen LogP) is 1.94. The zero-order valence-corrected chi connectivity index (χ0v) is 13.6. The van der Waals surface area contributed by atoms with E-state index in [0.29, 0.717) is 11.8 Å². The molecule has 2 N–H and O–H groups in total. The average molecular weight is 283 g/mol. The highest BCUT2D eigenvalue weighted by Gasteiger charge is 2.26. The highest BCUT2D eigenvalue weighted by Crippen LogP contribution is 2.18. The molecule has 1 saturated heterocycles. The summed E-state index contributed by atoms with van der Waals surface area (Å²) < 4.78 is 0. The van der Waals surface area contributed by atoms with Crippen molar-refractivity contribution < 1.29 is 4.79 Å². The number of hydrogen-bond donors (Lipinski definition) is 1. The summed E-state index contributed by atoms with van der Waals surface area (Å²) in [6.45, 7) is 12.1. The van der Waals surface area contributed by atoms with Crippen LogP contribution in [0.5, 0.6) is 0 Å². The highest BCUT2D eigenvalue weighted by molar-refractivity contribution is 5.78. The van der Waals surface area contributed by atoms with E-state index in [-0.39, 0.29) is 5.92 Å². The number of rotatable bonds is 8. The second-order valence-electron chi connectivity index (χ2n) is 6.24. The average Bonchev–Trinajstić information content (AvgIpc) is 2.47. The van der Waals surface area contributed by atoms with Gasteiger partial charge < -0.3 is 10.6 Å². The number of piperazine rings is 1. The summed E-state index contributed by atoms with van der Waals surface area (Å²) in [6, 6.07) is 0. The third-order valence-corrected chi connectivity index (χ3v) is 4.28. The van der Waals surface area contributed by atoms with Gasteiger partial charge in [-0.05, 0) is 25.3 Å². The Labute approximate surface area is 124 Å². The predicted molar refractivity (Wildman–Crippen MR) is 84.5 cm³/mol. The first-order valence-corrected chi connectivity index (χ1v) is 8.33. The maximum Gasteiger partial charge on any atom is 0.225 e. The molecule has 0 saturated carbocycles. The molecular formula is C16H33N3O. The fourth-order valence-corrected chi connectivity index (χ4v) is 3.01.